The van der Waals surface area contributed by atoms with E-state index in [0.29, 0.717) is 37.7 Å². The molecule has 132 valence electrons. The Morgan fingerprint density at radius 2 is 1.83 bits per heavy atom. The first-order valence-corrected chi connectivity index (χ1v) is 10.7. The highest BCUT2D eigenvalue weighted by Crippen LogP contribution is 2.50. The Bertz CT molecular complexity index is 447. The molecule has 0 heterocycles. The first-order valence-electron chi connectivity index (χ1n) is 7.82. The average molecular weight is 362 g/mol. The van der Waals surface area contributed by atoms with Crippen molar-refractivity contribution in [2.75, 3.05) is 37.7 Å². The minimum atomic E-state index is -3.02. The van der Waals surface area contributed by atoms with Gasteiger partial charge in [-0.05, 0) is 19.4 Å². The molecule has 0 saturated heterocycles. The van der Waals surface area contributed by atoms with Gasteiger partial charge < -0.3 is 18.9 Å². The van der Waals surface area contributed by atoms with Crippen LogP contribution in [0.1, 0.15) is 19.4 Å². The van der Waals surface area contributed by atoms with Crippen molar-refractivity contribution in [2.45, 2.75) is 20.5 Å². The third kappa shape index (κ3) is 8.89. The molecule has 1 aromatic rings. The van der Waals surface area contributed by atoms with E-state index in [2.05, 4.69) is 0 Å². The first-order chi connectivity index (χ1) is 11.1. The molecule has 23 heavy (non-hydrogen) atoms. The topological polar surface area (TPSA) is 65.0 Å². The van der Waals surface area contributed by atoms with Crippen molar-refractivity contribution in [3.8, 4) is 0 Å². The molecule has 0 fully saturated rings. The van der Waals surface area contributed by atoms with Crippen molar-refractivity contribution in [2.24, 2.45) is 5.92 Å². The lowest BCUT2D eigenvalue weighted by Crippen LogP contribution is -2.17. The lowest BCUT2D eigenvalue weighted by molar-refractivity contribution is 0.0713. The van der Waals surface area contributed by atoms with Crippen molar-refractivity contribution in [1.82, 2.24) is 0 Å². The molecule has 1 unspecified atom stereocenters. The fraction of sp³-hybridized carbons (Fsp3) is 0.625. The Hall–Kier alpha value is -0.360. The molecule has 7 heteroatoms. The summed E-state index contributed by atoms with van der Waals surface area (Å²) in [6.07, 6.45) is 0. The second kappa shape index (κ2) is 12.1. The molecule has 0 amide bonds. The summed E-state index contributed by atoms with van der Waals surface area (Å²) in [7, 11) is -3.02. The van der Waals surface area contributed by atoms with E-state index in [0.717, 1.165) is 5.56 Å². The van der Waals surface area contributed by atoms with Crippen LogP contribution in [-0.4, -0.2) is 42.8 Å². The maximum Gasteiger partial charge on any atom is 0.340 e. The zero-order valence-corrected chi connectivity index (χ0v) is 15.6. The molecule has 1 aromatic carbocycles. The van der Waals surface area contributed by atoms with E-state index in [1.807, 2.05) is 30.3 Å². The molecule has 1 N–H and O–H groups in total. The fourth-order valence-corrected chi connectivity index (χ4v) is 5.22. The molecule has 5 nitrogen and oxygen atoms in total. The Kier molecular flexibility index (Phi) is 10.9. The maximum absolute atomic E-state index is 12.3. The van der Waals surface area contributed by atoms with Crippen LogP contribution in [0.2, 0.25) is 0 Å². The van der Waals surface area contributed by atoms with Crippen LogP contribution in [0.5, 0.6) is 0 Å². The van der Waals surface area contributed by atoms with E-state index in [-0.39, 0.29) is 12.5 Å². The monoisotopic (exact) mass is 362 g/mol. The van der Waals surface area contributed by atoms with E-state index in [1.54, 1.807) is 13.8 Å². The highest BCUT2D eigenvalue weighted by Gasteiger charge is 2.24. The summed E-state index contributed by atoms with van der Waals surface area (Å²) in [5.74, 6) is 0.649. The van der Waals surface area contributed by atoms with Crippen molar-refractivity contribution in [3.05, 3.63) is 35.9 Å². The minimum absolute atomic E-state index is 0.000385. The second-order valence-corrected chi connectivity index (χ2v) is 8.51. The Balaban J connectivity index is 2.28. The quantitative estimate of drug-likeness (QED) is 0.539. The summed E-state index contributed by atoms with van der Waals surface area (Å²) in [6.45, 7) is 5.34. The zero-order valence-electron chi connectivity index (χ0n) is 13.8. The van der Waals surface area contributed by atoms with E-state index < -0.39 is 7.60 Å². The third-order valence-electron chi connectivity index (χ3n) is 2.98. The lowest BCUT2D eigenvalue weighted by Gasteiger charge is -2.18. The van der Waals surface area contributed by atoms with Crippen LogP contribution in [-0.2, 0) is 25.0 Å². The van der Waals surface area contributed by atoms with E-state index in [9.17, 15) is 9.67 Å². The summed E-state index contributed by atoms with van der Waals surface area (Å²) in [4.78, 5) is 0. The third-order valence-corrected chi connectivity index (χ3v) is 6.98. The van der Waals surface area contributed by atoms with Crippen LogP contribution in [0.25, 0.3) is 0 Å². The number of rotatable bonds is 13. The van der Waals surface area contributed by atoms with Gasteiger partial charge in [-0.25, -0.2) is 0 Å². The van der Waals surface area contributed by atoms with Gasteiger partial charge in [0.15, 0.2) is 0 Å². The van der Waals surface area contributed by atoms with Gasteiger partial charge in [-0.2, -0.15) is 0 Å². The molecule has 1 rings (SSSR count). The standard InChI is InChI=1S/C16H27O5PS/c1-3-20-22(18,21-4-2)14-23-13-16(10-17)12-19-11-15-8-6-5-7-9-15/h5-9,16-17H,3-4,10-14H2,1-2H3. The number of benzene rings is 1. The predicted octanol–water partition coefficient (Wildman–Crippen LogP) is 3.77. The number of ether oxygens (including phenoxy) is 1. The van der Waals surface area contributed by atoms with Crippen LogP contribution >= 0.6 is 19.4 Å². The highest BCUT2D eigenvalue weighted by molar-refractivity contribution is 8.04. The van der Waals surface area contributed by atoms with Gasteiger partial charge >= 0.3 is 7.60 Å². The zero-order chi connectivity index (χ0) is 17.0. The Morgan fingerprint density at radius 1 is 1.17 bits per heavy atom. The van der Waals surface area contributed by atoms with Crippen molar-refractivity contribution >= 4 is 19.4 Å². The lowest BCUT2D eigenvalue weighted by atomic mass is 10.2. The fourth-order valence-electron chi connectivity index (χ4n) is 1.91. The molecular weight excluding hydrogens is 335 g/mol. The minimum Gasteiger partial charge on any atom is -0.396 e. The van der Waals surface area contributed by atoms with Crippen LogP contribution in [0.15, 0.2) is 30.3 Å². The SMILES string of the molecule is CCOP(=O)(CSCC(CO)COCc1ccccc1)OCC. The molecule has 0 aliphatic heterocycles. The molecule has 0 saturated carbocycles. The van der Waals surface area contributed by atoms with E-state index >= 15 is 0 Å². The number of hydrogen-bond acceptors (Lipinski definition) is 6. The molecule has 0 spiro atoms. The van der Waals surface area contributed by atoms with Gasteiger partial charge in [-0.15, -0.1) is 11.8 Å². The summed E-state index contributed by atoms with van der Waals surface area (Å²) in [5, 5.41) is 9.43. The normalized spacial score (nSPS) is 13.2. The van der Waals surface area contributed by atoms with Crippen molar-refractivity contribution in [1.29, 1.82) is 0 Å². The predicted molar refractivity (Wildman–Crippen MR) is 94.9 cm³/mol. The first kappa shape index (κ1) is 20.7. The van der Waals surface area contributed by atoms with Gasteiger partial charge in [0.05, 0.1) is 31.9 Å². The highest BCUT2D eigenvalue weighted by atomic mass is 32.2. The number of thioether (sulfide) groups is 1. The maximum atomic E-state index is 12.3. The average Bonchev–Trinajstić information content (AvgIpc) is 2.55. The van der Waals surface area contributed by atoms with Gasteiger partial charge in [0, 0.05) is 18.3 Å². The Morgan fingerprint density at radius 3 is 2.39 bits per heavy atom. The molecular formula is C16H27O5PS. The van der Waals surface area contributed by atoms with Gasteiger partial charge in [0.2, 0.25) is 0 Å². The largest absolute Gasteiger partial charge is 0.396 e. The molecule has 0 bridgehead atoms. The van der Waals surface area contributed by atoms with Crippen LogP contribution in [0.4, 0.5) is 0 Å². The molecule has 0 radical (unpaired) electrons. The van der Waals surface area contributed by atoms with E-state index in [1.165, 1.54) is 11.8 Å². The van der Waals surface area contributed by atoms with Crippen molar-refractivity contribution in [3.63, 3.8) is 0 Å². The van der Waals surface area contributed by atoms with Gasteiger partial charge in [0.25, 0.3) is 0 Å². The summed E-state index contributed by atoms with van der Waals surface area (Å²) in [5.41, 5.74) is 1.40. The summed E-state index contributed by atoms with van der Waals surface area (Å²) < 4.78 is 28.5. The molecule has 0 aliphatic carbocycles. The van der Waals surface area contributed by atoms with Gasteiger partial charge in [-0.3, -0.25) is 4.57 Å². The number of hydrogen-bond donors (Lipinski definition) is 1. The Labute approximate surface area is 143 Å². The van der Waals surface area contributed by atoms with Gasteiger partial charge in [-0.1, -0.05) is 30.3 Å². The number of aliphatic hydroxyl groups excluding tert-OH is 1. The van der Waals surface area contributed by atoms with Gasteiger partial charge in [0.1, 0.15) is 0 Å². The van der Waals surface area contributed by atoms with Crippen LogP contribution in [0, 0.1) is 5.92 Å². The van der Waals surface area contributed by atoms with E-state index in [4.69, 9.17) is 13.8 Å². The van der Waals surface area contributed by atoms with Crippen LogP contribution in [0.3, 0.4) is 0 Å². The smallest absolute Gasteiger partial charge is 0.340 e. The molecule has 0 aromatic heterocycles. The summed E-state index contributed by atoms with van der Waals surface area (Å²) >= 11 is 1.47. The molecule has 1 atom stereocenters. The second-order valence-electron chi connectivity index (χ2n) is 5.00. The van der Waals surface area contributed by atoms with Crippen molar-refractivity contribution < 1.29 is 23.5 Å². The summed E-state index contributed by atoms with van der Waals surface area (Å²) in [6, 6.07) is 9.91. The van der Waals surface area contributed by atoms with Crippen LogP contribution < -0.4 is 0 Å². The number of aliphatic hydroxyl groups is 1. The molecule has 0 aliphatic rings.